The highest BCUT2D eigenvalue weighted by Gasteiger charge is 2.39. The fourth-order valence-electron chi connectivity index (χ4n) is 5.03. The number of unbranched alkanes of at least 4 members (excludes halogenated alkanes) is 6. The summed E-state index contributed by atoms with van der Waals surface area (Å²) < 4.78 is 13.8. The van der Waals surface area contributed by atoms with E-state index < -0.39 is 16.6 Å². The Morgan fingerprint density at radius 1 is 0.441 bits per heavy atom. The molecular formula is C30H58O2Si2. The molecule has 1 aromatic rings. The van der Waals surface area contributed by atoms with Gasteiger partial charge in [-0.1, -0.05) is 130 Å². The Morgan fingerprint density at radius 3 is 0.941 bits per heavy atom. The maximum absolute atomic E-state index is 6.91. The molecule has 1 aromatic carbocycles. The van der Waals surface area contributed by atoms with Crippen LogP contribution in [0, 0.1) is 0 Å². The quantitative estimate of drug-likeness (QED) is 0.115. The van der Waals surface area contributed by atoms with Crippen molar-refractivity contribution in [2.24, 2.45) is 0 Å². The summed E-state index contributed by atoms with van der Waals surface area (Å²) in [5.41, 5.74) is 0. The highest BCUT2D eigenvalue weighted by molar-refractivity contribution is 6.88. The summed E-state index contributed by atoms with van der Waals surface area (Å²) in [5, 5.41) is 3.08. The molecule has 0 amide bonds. The van der Waals surface area contributed by atoms with Gasteiger partial charge in [0.2, 0.25) is 16.6 Å². The summed E-state index contributed by atoms with van der Waals surface area (Å²) in [7, 11) is -3.88. The first kappa shape index (κ1) is 31.6. The highest BCUT2D eigenvalue weighted by Crippen LogP contribution is 2.27. The first-order valence-corrected chi connectivity index (χ1v) is 19.6. The molecule has 34 heavy (non-hydrogen) atoms. The largest absolute Gasteiger partial charge is 0.412 e. The molecule has 0 aliphatic heterocycles. The smallest absolute Gasteiger partial charge is 0.224 e. The van der Waals surface area contributed by atoms with Gasteiger partial charge in [-0.3, -0.25) is 0 Å². The third-order valence-corrected chi connectivity index (χ3v) is 16.4. The summed E-state index contributed by atoms with van der Waals surface area (Å²) >= 11 is 0. The van der Waals surface area contributed by atoms with E-state index in [9.17, 15) is 0 Å². The normalized spacial score (nSPS) is 12.4. The lowest BCUT2D eigenvalue weighted by Gasteiger charge is -2.35. The van der Waals surface area contributed by atoms with Crippen LogP contribution in [-0.4, -0.2) is 29.8 Å². The van der Waals surface area contributed by atoms with Crippen LogP contribution >= 0.6 is 0 Å². The van der Waals surface area contributed by atoms with E-state index in [4.69, 9.17) is 8.85 Å². The van der Waals surface area contributed by atoms with Gasteiger partial charge < -0.3 is 8.85 Å². The minimum absolute atomic E-state index is 0.934. The third-order valence-electron chi connectivity index (χ3n) is 7.43. The van der Waals surface area contributed by atoms with E-state index in [0.29, 0.717) is 0 Å². The lowest BCUT2D eigenvalue weighted by molar-refractivity contribution is 0.296. The minimum Gasteiger partial charge on any atom is -0.412 e. The van der Waals surface area contributed by atoms with Crippen LogP contribution in [0.15, 0.2) is 24.3 Å². The van der Waals surface area contributed by atoms with E-state index in [-0.39, 0.29) is 0 Å². The first-order valence-electron chi connectivity index (χ1n) is 15.0. The Hall–Kier alpha value is -0.426. The topological polar surface area (TPSA) is 18.5 Å². The molecule has 0 saturated carbocycles. The summed E-state index contributed by atoms with van der Waals surface area (Å²) in [5.74, 6) is 0. The van der Waals surface area contributed by atoms with Crippen molar-refractivity contribution in [3.05, 3.63) is 24.3 Å². The van der Waals surface area contributed by atoms with E-state index in [1.165, 1.54) is 112 Å². The molecule has 0 radical (unpaired) electrons. The molecule has 4 heteroatoms. The SMILES string of the molecule is CCCCO[Si](CCCC)(CCCC)c1ccc([Si](CCCC)(CCCC)OCCCC)cc1. The zero-order valence-electron chi connectivity index (χ0n) is 23.9. The van der Waals surface area contributed by atoms with Crippen LogP contribution < -0.4 is 10.4 Å². The Balaban J connectivity index is 3.34. The number of hydrogen-bond donors (Lipinski definition) is 0. The van der Waals surface area contributed by atoms with E-state index in [2.05, 4.69) is 65.8 Å². The molecule has 0 aromatic heterocycles. The van der Waals surface area contributed by atoms with E-state index in [0.717, 1.165) is 13.2 Å². The summed E-state index contributed by atoms with van der Waals surface area (Å²) in [4.78, 5) is 0. The molecule has 0 unspecified atom stereocenters. The van der Waals surface area contributed by atoms with E-state index in [1.54, 1.807) is 0 Å². The second kappa shape index (κ2) is 18.8. The fraction of sp³-hybridized carbons (Fsp3) is 0.800. The minimum atomic E-state index is -1.94. The Bertz CT molecular complexity index is 533. The summed E-state index contributed by atoms with van der Waals surface area (Å²) in [6, 6.07) is 15.0. The lowest BCUT2D eigenvalue weighted by Crippen LogP contribution is -2.54. The second-order valence-electron chi connectivity index (χ2n) is 10.4. The molecule has 0 aliphatic carbocycles. The van der Waals surface area contributed by atoms with Gasteiger partial charge in [0.25, 0.3) is 0 Å². The molecule has 198 valence electrons. The standard InChI is InChI=1S/C30H58O2Si2/c1-7-13-23-31-33(25-15-9-3,26-16-10-4)29-19-21-30(22-20-29)34(27-17-11-5,28-18-12-6)32-24-14-8-2/h19-22H,7-18,23-28H2,1-6H3. The number of benzene rings is 1. The Kier molecular flexibility index (Phi) is 17.5. The molecule has 0 N–H and O–H groups in total. The van der Waals surface area contributed by atoms with Gasteiger partial charge in [0.15, 0.2) is 0 Å². The van der Waals surface area contributed by atoms with Gasteiger partial charge in [0.1, 0.15) is 0 Å². The van der Waals surface area contributed by atoms with Crippen molar-refractivity contribution < 1.29 is 8.85 Å². The maximum Gasteiger partial charge on any atom is 0.224 e. The molecular weight excluding hydrogens is 449 g/mol. The molecule has 0 saturated heterocycles. The van der Waals surface area contributed by atoms with Crippen LogP contribution in [0.3, 0.4) is 0 Å². The van der Waals surface area contributed by atoms with Crippen molar-refractivity contribution in [2.75, 3.05) is 13.2 Å². The van der Waals surface area contributed by atoms with Crippen molar-refractivity contribution in [2.45, 2.75) is 143 Å². The maximum atomic E-state index is 6.91. The molecule has 0 spiro atoms. The molecule has 1 rings (SSSR count). The van der Waals surface area contributed by atoms with Gasteiger partial charge in [0, 0.05) is 13.2 Å². The predicted molar refractivity (Wildman–Crippen MR) is 158 cm³/mol. The van der Waals surface area contributed by atoms with Gasteiger partial charge in [-0.25, -0.2) is 0 Å². The van der Waals surface area contributed by atoms with Crippen LogP contribution in [0.25, 0.3) is 0 Å². The van der Waals surface area contributed by atoms with Crippen molar-refractivity contribution in [1.82, 2.24) is 0 Å². The van der Waals surface area contributed by atoms with Crippen molar-refractivity contribution in [3.63, 3.8) is 0 Å². The molecule has 0 heterocycles. The van der Waals surface area contributed by atoms with Gasteiger partial charge >= 0.3 is 0 Å². The molecule has 0 bridgehead atoms. The Labute approximate surface area is 215 Å². The monoisotopic (exact) mass is 506 g/mol. The average Bonchev–Trinajstić information content (AvgIpc) is 2.87. The van der Waals surface area contributed by atoms with Gasteiger partial charge in [0.05, 0.1) is 0 Å². The fourth-order valence-corrected chi connectivity index (χ4v) is 13.9. The van der Waals surface area contributed by atoms with Crippen molar-refractivity contribution in [3.8, 4) is 0 Å². The van der Waals surface area contributed by atoms with Gasteiger partial charge in [-0.15, -0.1) is 0 Å². The first-order chi connectivity index (χ1) is 16.6. The highest BCUT2D eigenvalue weighted by atomic mass is 28.4. The zero-order chi connectivity index (χ0) is 25.1. The summed E-state index contributed by atoms with van der Waals surface area (Å²) in [6.45, 7) is 15.7. The van der Waals surface area contributed by atoms with Crippen molar-refractivity contribution in [1.29, 1.82) is 0 Å². The van der Waals surface area contributed by atoms with Gasteiger partial charge in [-0.2, -0.15) is 0 Å². The second-order valence-corrected chi connectivity index (χ2v) is 18.1. The molecule has 0 fully saturated rings. The third kappa shape index (κ3) is 10.3. The lowest BCUT2D eigenvalue weighted by atomic mass is 10.3. The van der Waals surface area contributed by atoms with E-state index in [1.807, 2.05) is 0 Å². The molecule has 0 atom stereocenters. The van der Waals surface area contributed by atoms with Crippen molar-refractivity contribution >= 4 is 27.0 Å². The number of rotatable bonds is 22. The van der Waals surface area contributed by atoms with Crippen LogP contribution in [0.1, 0.15) is 119 Å². The van der Waals surface area contributed by atoms with Crippen LogP contribution in [-0.2, 0) is 8.85 Å². The van der Waals surface area contributed by atoms with Crippen LogP contribution in [0.5, 0.6) is 0 Å². The molecule has 0 aliphatic rings. The van der Waals surface area contributed by atoms with Crippen LogP contribution in [0.2, 0.25) is 24.2 Å². The number of hydrogen-bond acceptors (Lipinski definition) is 2. The van der Waals surface area contributed by atoms with Crippen LogP contribution in [0.4, 0.5) is 0 Å². The zero-order valence-corrected chi connectivity index (χ0v) is 25.9. The average molecular weight is 507 g/mol. The summed E-state index contributed by atoms with van der Waals surface area (Å²) in [6.07, 6.45) is 15.0. The van der Waals surface area contributed by atoms with E-state index >= 15 is 0 Å². The molecule has 2 nitrogen and oxygen atoms in total. The predicted octanol–water partition coefficient (Wildman–Crippen LogP) is 8.83. The van der Waals surface area contributed by atoms with Gasteiger partial charge in [-0.05, 0) is 47.4 Å². The Morgan fingerprint density at radius 2 is 0.706 bits per heavy atom.